The fourth-order valence-corrected chi connectivity index (χ4v) is 2.33. The molecule has 12 nitrogen and oxygen atoms in total. The van der Waals surface area contributed by atoms with Crippen molar-refractivity contribution in [2.24, 2.45) is 5.11 Å². The second-order valence-corrected chi connectivity index (χ2v) is 5.30. The molecular formula is C14H19N3O9. The summed E-state index contributed by atoms with van der Waals surface area (Å²) in [6.07, 6.45) is -5.18. The van der Waals surface area contributed by atoms with Crippen LogP contribution in [0.25, 0.3) is 10.4 Å². The van der Waals surface area contributed by atoms with Gasteiger partial charge in [-0.3, -0.25) is 19.2 Å². The Balaban J connectivity index is 3.28. The summed E-state index contributed by atoms with van der Waals surface area (Å²) in [5.74, 6) is -2.90. The van der Waals surface area contributed by atoms with Crippen molar-refractivity contribution in [3.63, 3.8) is 0 Å². The third kappa shape index (κ3) is 6.22. The molecule has 0 radical (unpaired) electrons. The van der Waals surface area contributed by atoms with Gasteiger partial charge in [-0.2, -0.15) is 0 Å². The summed E-state index contributed by atoms with van der Waals surface area (Å²) >= 11 is 0. The van der Waals surface area contributed by atoms with Crippen LogP contribution in [0.2, 0.25) is 0 Å². The fraction of sp³-hybridized carbons (Fsp3) is 0.714. The molecule has 1 aliphatic rings. The topological polar surface area (TPSA) is 163 Å². The van der Waals surface area contributed by atoms with E-state index in [4.69, 9.17) is 29.2 Å². The van der Waals surface area contributed by atoms with Gasteiger partial charge in [0, 0.05) is 32.6 Å². The third-order valence-corrected chi connectivity index (χ3v) is 3.14. The number of hydrogen-bond acceptors (Lipinski definition) is 10. The molecule has 1 unspecified atom stereocenters. The maximum Gasteiger partial charge on any atom is 0.304 e. The van der Waals surface area contributed by atoms with Crippen molar-refractivity contribution in [2.45, 2.75) is 58.3 Å². The SMILES string of the molecule is CC(=O)OC[C@H]1OC(OC(C)=O)[C@@H](N=[N+]=[N-])[C@@H](OC(C)=O)[C@@H]1OC(C)=O. The zero-order chi connectivity index (χ0) is 19.9. The second kappa shape index (κ2) is 9.59. The lowest BCUT2D eigenvalue weighted by molar-refractivity contribution is -0.267. The molecule has 0 N–H and O–H groups in total. The largest absolute Gasteiger partial charge is 0.463 e. The Morgan fingerprint density at radius 1 is 0.923 bits per heavy atom. The molecule has 1 heterocycles. The van der Waals surface area contributed by atoms with Crippen LogP contribution < -0.4 is 0 Å². The van der Waals surface area contributed by atoms with Gasteiger partial charge in [0.25, 0.3) is 0 Å². The van der Waals surface area contributed by atoms with Crippen LogP contribution in [-0.4, -0.2) is 61.1 Å². The molecule has 1 rings (SSSR count). The van der Waals surface area contributed by atoms with Gasteiger partial charge in [0.2, 0.25) is 6.29 Å². The molecule has 144 valence electrons. The van der Waals surface area contributed by atoms with Gasteiger partial charge < -0.3 is 23.7 Å². The average molecular weight is 373 g/mol. The van der Waals surface area contributed by atoms with Gasteiger partial charge in [0.15, 0.2) is 12.2 Å². The molecule has 0 bridgehead atoms. The summed E-state index contributed by atoms with van der Waals surface area (Å²) in [7, 11) is 0. The van der Waals surface area contributed by atoms with Gasteiger partial charge in [-0.05, 0) is 5.53 Å². The monoisotopic (exact) mass is 373 g/mol. The lowest BCUT2D eigenvalue weighted by Crippen LogP contribution is -2.61. The Morgan fingerprint density at radius 3 is 1.92 bits per heavy atom. The molecule has 0 spiro atoms. The van der Waals surface area contributed by atoms with Crippen LogP contribution >= 0.6 is 0 Å². The van der Waals surface area contributed by atoms with Gasteiger partial charge >= 0.3 is 23.9 Å². The van der Waals surface area contributed by atoms with E-state index in [9.17, 15) is 19.2 Å². The van der Waals surface area contributed by atoms with Crippen LogP contribution in [-0.2, 0) is 42.9 Å². The quantitative estimate of drug-likeness (QED) is 0.210. The van der Waals surface area contributed by atoms with Gasteiger partial charge in [-0.1, -0.05) is 5.11 Å². The molecule has 1 aliphatic heterocycles. The highest BCUT2D eigenvalue weighted by molar-refractivity contribution is 5.68. The number of ether oxygens (including phenoxy) is 5. The molecule has 1 fully saturated rings. The Bertz CT molecular complexity index is 617. The van der Waals surface area contributed by atoms with Crippen molar-refractivity contribution in [3.8, 4) is 0 Å². The Kier molecular flexibility index (Phi) is 7.81. The highest BCUT2D eigenvalue weighted by Crippen LogP contribution is 2.29. The molecule has 5 atom stereocenters. The summed E-state index contributed by atoms with van der Waals surface area (Å²) < 4.78 is 25.5. The minimum absolute atomic E-state index is 0.383. The van der Waals surface area contributed by atoms with Crippen molar-refractivity contribution < 1.29 is 42.9 Å². The van der Waals surface area contributed by atoms with Crippen LogP contribution in [0.1, 0.15) is 27.7 Å². The molecule has 0 amide bonds. The Morgan fingerprint density at radius 2 is 1.46 bits per heavy atom. The van der Waals surface area contributed by atoms with E-state index in [0.717, 1.165) is 27.7 Å². The molecule has 12 heteroatoms. The van der Waals surface area contributed by atoms with Crippen molar-refractivity contribution in [3.05, 3.63) is 10.4 Å². The maximum atomic E-state index is 11.5. The first kappa shape index (κ1) is 21.2. The Labute approximate surface area is 148 Å². The van der Waals surface area contributed by atoms with Gasteiger partial charge in [0.1, 0.15) is 18.8 Å². The van der Waals surface area contributed by atoms with Crippen LogP contribution in [0.4, 0.5) is 0 Å². The number of rotatable bonds is 6. The summed E-state index contributed by atoms with van der Waals surface area (Å²) in [5.41, 5.74) is 8.78. The van der Waals surface area contributed by atoms with E-state index >= 15 is 0 Å². The van der Waals surface area contributed by atoms with E-state index in [1.807, 2.05) is 0 Å². The zero-order valence-electron chi connectivity index (χ0n) is 14.6. The van der Waals surface area contributed by atoms with Crippen molar-refractivity contribution >= 4 is 23.9 Å². The predicted octanol–water partition coefficient (Wildman–Crippen LogP) is 0.380. The van der Waals surface area contributed by atoms with Crippen molar-refractivity contribution in [1.82, 2.24) is 0 Å². The van der Waals surface area contributed by atoms with Gasteiger partial charge in [0.05, 0.1) is 0 Å². The lowest BCUT2D eigenvalue weighted by atomic mass is 9.97. The standard InChI is InChI=1S/C14H19N3O9/c1-6(18)22-5-10-12(23-7(2)19)13(24-8(3)20)11(16-17-15)14(26-10)25-9(4)21/h10-14H,5H2,1-4H3/t10-,11+,12-,13-,14?/m1/s1. The smallest absolute Gasteiger partial charge is 0.304 e. The van der Waals surface area contributed by atoms with Crippen LogP contribution in [0, 0.1) is 0 Å². The summed E-state index contributed by atoms with van der Waals surface area (Å²) in [4.78, 5) is 47.9. The zero-order valence-corrected chi connectivity index (χ0v) is 14.6. The number of hydrogen-bond donors (Lipinski definition) is 0. The van der Waals surface area contributed by atoms with E-state index < -0.39 is 54.5 Å². The summed E-state index contributed by atoms with van der Waals surface area (Å²) in [6, 6.07) is -1.33. The summed E-state index contributed by atoms with van der Waals surface area (Å²) in [6.45, 7) is 4.06. The highest BCUT2D eigenvalue weighted by Gasteiger charge is 2.51. The molecule has 0 aromatic heterocycles. The predicted molar refractivity (Wildman–Crippen MR) is 81.1 cm³/mol. The lowest BCUT2D eigenvalue weighted by Gasteiger charge is -2.42. The normalized spacial score (nSPS) is 27.5. The summed E-state index contributed by atoms with van der Waals surface area (Å²) in [5, 5.41) is 3.44. The van der Waals surface area contributed by atoms with Crippen LogP contribution in [0.5, 0.6) is 0 Å². The van der Waals surface area contributed by atoms with Crippen LogP contribution in [0.3, 0.4) is 0 Å². The first-order chi connectivity index (χ1) is 12.1. The molecule has 1 saturated heterocycles. The average Bonchev–Trinajstić information content (AvgIpc) is 2.49. The molecule has 0 aromatic carbocycles. The third-order valence-electron chi connectivity index (χ3n) is 3.14. The van der Waals surface area contributed by atoms with E-state index in [-0.39, 0.29) is 6.61 Å². The number of carbonyl (C=O) groups excluding carboxylic acids is 4. The number of azide groups is 1. The van der Waals surface area contributed by atoms with Gasteiger partial charge in [-0.25, -0.2) is 0 Å². The molecule has 0 aliphatic carbocycles. The van der Waals surface area contributed by atoms with Crippen molar-refractivity contribution in [1.29, 1.82) is 0 Å². The van der Waals surface area contributed by atoms with Crippen LogP contribution in [0.15, 0.2) is 5.11 Å². The number of carbonyl (C=O) groups is 4. The molecule has 0 aromatic rings. The first-order valence-corrected chi connectivity index (χ1v) is 7.50. The highest BCUT2D eigenvalue weighted by atomic mass is 16.7. The number of nitrogens with zero attached hydrogens (tertiary/aromatic N) is 3. The fourth-order valence-electron chi connectivity index (χ4n) is 2.33. The molecular weight excluding hydrogens is 354 g/mol. The van der Waals surface area contributed by atoms with Gasteiger partial charge in [-0.15, -0.1) is 0 Å². The van der Waals surface area contributed by atoms with E-state index in [1.165, 1.54) is 0 Å². The van der Waals surface area contributed by atoms with E-state index in [0.29, 0.717) is 0 Å². The van der Waals surface area contributed by atoms with E-state index in [2.05, 4.69) is 10.0 Å². The minimum atomic E-state index is -1.44. The molecule has 0 saturated carbocycles. The first-order valence-electron chi connectivity index (χ1n) is 7.50. The maximum absolute atomic E-state index is 11.5. The van der Waals surface area contributed by atoms with E-state index in [1.54, 1.807) is 0 Å². The molecule has 26 heavy (non-hydrogen) atoms. The van der Waals surface area contributed by atoms with Crippen molar-refractivity contribution in [2.75, 3.05) is 6.61 Å². The minimum Gasteiger partial charge on any atom is -0.463 e. The second-order valence-electron chi connectivity index (χ2n) is 5.30. The Hall–Kier alpha value is -2.85. The number of esters is 4.